The zero-order valence-electron chi connectivity index (χ0n) is 10.1. The standard InChI is InChI=1S/C15H8Cl2FNO/c16-8-4-5-13-10(6-8)11(7-19-13)15(20)9-2-1-3-12(17)14(9)18/h1-7,19H. The number of carbonyl (C=O) groups excluding carboxylic acids is 1. The average molecular weight is 308 g/mol. The van der Waals surface area contributed by atoms with Crippen molar-refractivity contribution in [2.75, 3.05) is 0 Å². The quantitative estimate of drug-likeness (QED) is 0.675. The molecule has 3 rings (SSSR count). The summed E-state index contributed by atoms with van der Waals surface area (Å²) in [6.07, 6.45) is 1.55. The number of aromatic nitrogens is 1. The Labute approximate surface area is 124 Å². The minimum Gasteiger partial charge on any atom is -0.360 e. The lowest BCUT2D eigenvalue weighted by molar-refractivity contribution is 0.103. The Bertz CT molecular complexity index is 826. The Morgan fingerprint density at radius 3 is 2.70 bits per heavy atom. The number of hydrogen-bond acceptors (Lipinski definition) is 1. The summed E-state index contributed by atoms with van der Waals surface area (Å²) in [4.78, 5) is 15.4. The van der Waals surface area contributed by atoms with Crippen molar-refractivity contribution >= 4 is 39.9 Å². The number of carbonyl (C=O) groups is 1. The van der Waals surface area contributed by atoms with Crippen LogP contribution >= 0.6 is 23.2 Å². The molecule has 2 aromatic carbocycles. The van der Waals surface area contributed by atoms with Crippen LogP contribution in [0, 0.1) is 5.82 Å². The Kier molecular flexibility index (Phi) is 3.24. The van der Waals surface area contributed by atoms with Gasteiger partial charge in [0.1, 0.15) is 0 Å². The first kappa shape index (κ1) is 13.2. The van der Waals surface area contributed by atoms with Crippen LogP contribution in [0.2, 0.25) is 10.0 Å². The summed E-state index contributed by atoms with van der Waals surface area (Å²) in [5, 5.41) is 1.09. The minimum atomic E-state index is -0.712. The molecule has 0 atom stereocenters. The van der Waals surface area contributed by atoms with Crippen LogP contribution in [0.3, 0.4) is 0 Å². The second kappa shape index (κ2) is 4.93. The lowest BCUT2D eigenvalue weighted by Gasteiger charge is -2.03. The van der Waals surface area contributed by atoms with E-state index in [9.17, 15) is 9.18 Å². The molecule has 0 saturated carbocycles. The van der Waals surface area contributed by atoms with E-state index in [1.165, 1.54) is 12.1 Å². The monoisotopic (exact) mass is 307 g/mol. The third kappa shape index (κ3) is 2.09. The maximum Gasteiger partial charge on any atom is 0.198 e. The van der Waals surface area contributed by atoms with Crippen molar-refractivity contribution in [1.29, 1.82) is 0 Å². The molecule has 0 bridgehead atoms. The number of ketones is 1. The number of rotatable bonds is 2. The van der Waals surface area contributed by atoms with Crippen molar-refractivity contribution in [3.8, 4) is 0 Å². The first-order valence-electron chi connectivity index (χ1n) is 5.83. The zero-order chi connectivity index (χ0) is 14.3. The van der Waals surface area contributed by atoms with E-state index in [0.717, 1.165) is 5.52 Å². The van der Waals surface area contributed by atoms with E-state index < -0.39 is 11.6 Å². The molecule has 0 aliphatic rings. The summed E-state index contributed by atoms with van der Waals surface area (Å²) in [5.74, 6) is -1.14. The molecule has 1 aromatic heterocycles. The van der Waals surface area contributed by atoms with E-state index in [-0.39, 0.29) is 10.6 Å². The van der Waals surface area contributed by atoms with E-state index in [2.05, 4.69) is 4.98 Å². The van der Waals surface area contributed by atoms with Crippen molar-refractivity contribution in [2.45, 2.75) is 0 Å². The maximum atomic E-state index is 13.9. The van der Waals surface area contributed by atoms with Crippen molar-refractivity contribution < 1.29 is 9.18 Å². The molecule has 1 heterocycles. The minimum absolute atomic E-state index is 0.0571. The number of nitrogens with one attached hydrogen (secondary N) is 1. The zero-order valence-corrected chi connectivity index (χ0v) is 11.6. The lowest BCUT2D eigenvalue weighted by Crippen LogP contribution is -2.03. The first-order chi connectivity index (χ1) is 9.58. The van der Waals surface area contributed by atoms with Crippen LogP contribution < -0.4 is 0 Å². The number of halogens is 3. The van der Waals surface area contributed by atoms with E-state index in [0.29, 0.717) is 16.0 Å². The highest BCUT2D eigenvalue weighted by molar-refractivity contribution is 6.32. The molecule has 100 valence electrons. The van der Waals surface area contributed by atoms with Crippen molar-refractivity contribution in [3.63, 3.8) is 0 Å². The van der Waals surface area contributed by atoms with Gasteiger partial charge in [-0.15, -0.1) is 0 Å². The van der Waals surface area contributed by atoms with Gasteiger partial charge in [0.05, 0.1) is 10.6 Å². The number of fused-ring (bicyclic) bond motifs is 1. The molecule has 20 heavy (non-hydrogen) atoms. The van der Waals surface area contributed by atoms with Crippen LogP contribution in [0.4, 0.5) is 4.39 Å². The van der Waals surface area contributed by atoms with Crippen molar-refractivity contribution in [3.05, 3.63) is 69.6 Å². The molecule has 0 saturated heterocycles. The summed E-state index contributed by atoms with van der Waals surface area (Å²) in [6.45, 7) is 0. The molecule has 0 unspecified atom stereocenters. The predicted molar refractivity (Wildman–Crippen MR) is 78.2 cm³/mol. The number of benzene rings is 2. The van der Waals surface area contributed by atoms with Crippen LogP contribution in [0.1, 0.15) is 15.9 Å². The first-order valence-corrected chi connectivity index (χ1v) is 6.59. The van der Waals surface area contributed by atoms with Crippen LogP contribution in [0.25, 0.3) is 10.9 Å². The molecule has 0 radical (unpaired) electrons. The summed E-state index contributed by atoms with van der Waals surface area (Å²) in [5.41, 5.74) is 1.07. The number of aromatic amines is 1. The molecule has 0 aliphatic carbocycles. The van der Waals surface area contributed by atoms with Gasteiger partial charge in [0.2, 0.25) is 0 Å². The molecule has 1 N–H and O–H groups in total. The molecule has 2 nitrogen and oxygen atoms in total. The molecule has 0 aliphatic heterocycles. The van der Waals surface area contributed by atoms with Crippen molar-refractivity contribution in [1.82, 2.24) is 4.98 Å². The van der Waals surface area contributed by atoms with E-state index in [1.807, 2.05) is 0 Å². The summed E-state index contributed by atoms with van der Waals surface area (Å²) >= 11 is 11.6. The predicted octanol–water partition coefficient (Wildman–Crippen LogP) is 4.84. The normalized spacial score (nSPS) is 10.9. The number of hydrogen-bond donors (Lipinski definition) is 1. The Morgan fingerprint density at radius 2 is 1.90 bits per heavy atom. The van der Waals surface area contributed by atoms with Gasteiger partial charge in [-0.3, -0.25) is 4.79 Å². The Hall–Kier alpha value is -1.84. The Balaban J connectivity index is 2.18. The molecular weight excluding hydrogens is 300 g/mol. The molecule has 0 fully saturated rings. The van der Waals surface area contributed by atoms with Gasteiger partial charge in [0, 0.05) is 27.7 Å². The van der Waals surface area contributed by atoms with Crippen molar-refractivity contribution in [2.24, 2.45) is 0 Å². The maximum absolute atomic E-state index is 13.9. The molecule has 3 aromatic rings. The van der Waals surface area contributed by atoms with E-state index in [4.69, 9.17) is 23.2 Å². The topological polar surface area (TPSA) is 32.9 Å². The summed E-state index contributed by atoms with van der Waals surface area (Å²) in [6, 6.07) is 9.51. The largest absolute Gasteiger partial charge is 0.360 e. The fourth-order valence-corrected chi connectivity index (χ4v) is 2.45. The van der Waals surface area contributed by atoms with Gasteiger partial charge in [-0.05, 0) is 30.3 Å². The van der Waals surface area contributed by atoms with Crippen LogP contribution in [-0.4, -0.2) is 10.8 Å². The fourth-order valence-electron chi connectivity index (χ4n) is 2.10. The summed E-state index contributed by atoms with van der Waals surface area (Å²) in [7, 11) is 0. The van der Waals surface area contributed by atoms with Gasteiger partial charge >= 0.3 is 0 Å². The van der Waals surface area contributed by atoms with Crippen LogP contribution in [0.15, 0.2) is 42.6 Å². The number of H-pyrrole nitrogens is 1. The molecular formula is C15H8Cl2FNO. The Morgan fingerprint density at radius 1 is 1.10 bits per heavy atom. The van der Waals surface area contributed by atoms with Crippen LogP contribution in [-0.2, 0) is 0 Å². The van der Waals surface area contributed by atoms with Gasteiger partial charge in [0.25, 0.3) is 0 Å². The van der Waals surface area contributed by atoms with Gasteiger partial charge in [-0.25, -0.2) is 4.39 Å². The molecule has 0 spiro atoms. The second-order valence-electron chi connectivity index (χ2n) is 4.32. The fraction of sp³-hybridized carbons (Fsp3) is 0. The molecule has 0 amide bonds. The van der Waals surface area contributed by atoms with Gasteiger partial charge in [0.15, 0.2) is 11.6 Å². The highest BCUT2D eigenvalue weighted by atomic mass is 35.5. The lowest BCUT2D eigenvalue weighted by atomic mass is 10.0. The van der Waals surface area contributed by atoms with Crippen LogP contribution in [0.5, 0.6) is 0 Å². The third-order valence-corrected chi connectivity index (χ3v) is 3.61. The van der Waals surface area contributed by atoms with E-state index in [1.54, 1.807) is 30.5 Å². The summed E-state index contributed by atoms with van der Waals surface area (Å²) < 4.78 is 13.9. The highest BCUT2D eigenvalue weighted by Gasteiger charge is 2.19. The van der Waals surface area contributed by atoms with E-state index >= 15 is 0 Å². The highest BCUT2D eigenvalue weighted by Crippen LogP contribution is 2.26. The van der Waals surface area contributed by atoms with Gasteiger partial charge in [-0.2, -0.15) is 0 Å². The van der Waals surface area contributed by atoms with Gasteiger partial charge < -0.3 is 4.98 Å². The molecule has 5 heteroatoms. The second-order valence-corrected chi connectivity index (χ2v) is 5.17. The average Bonchev–Trinajstić information content (AvgIpc) is 2.84. The SMILES string of the molecule is O=C(c1cccc(Cl)c1F)c1c[nH]c2ccc(Cl)cc12. The smallest absolute Gasteiger partial charge is 0.198 e. The third-order valence-electron chi connectivity index (χ3n) is 3.08. The van der Waals surface area contributed by atoms with Gasteiger partial charge in [-0.1, -0.05) is 29.3 Å².